The van der Waals surface area contributed by atoms with Crippen LogP contribution in [0.2, 0.25) is 0 Å². The molecule has 1 unspecified atom stereocenters. The highest BCUT2D eigenvalue weighted by Gasteiger charge is 2.21. The second-order valence-corrected chi connectivity index (χ2v) is 7.35. The van der Waals surface area contributed by atoms with Crippen molar-refractivity contribution < 1.29 is 14.3 Å². The minimum absolute atomic E-state index is 0.0711. The third kappa shape index (κ3) is 4.28. The van der Waals surface area contributed by atoms with Gasteiger partial charge in [-0.15, -0.1) is 11.3 Å². The number of hydrogen-bond acceptors (Lipinski definition) is 5. The molecule has 1 aliphatic heterocycles. The highest BCUT2D eigenvalue weighted by molar-refractivity contribution is 7.13. The maximum Gasteiger partial charge on any atom is 0.226 e. The lowest BCUT2D eigenvalue weighted by Crippen LogP contribution is -2.41. The summed E-state index contributed by atoms with van der Waals surface area (Å²) in [7, 11) is 0. The van der Waals surface area contributed by atoms with Crippen LogP contribution in [-0.2, 0) is 11.2 Å². The van der Waals surface area contributed by atoms with Gasteiger partial charge in [0.05, 0.1) is 18.7 Å². The van der Waals surface area contributed by atoms with Crippen molar-refractivity contribution in [3.05, 3.63) is 65.2 Å². The summed E-state index contributed by atoms with van der Waals surface area (Å²) in [4.78, 5) is 16.8. The van der Waals surface area contributed by atoms with Crippen LogP contribution in [0.4, 0.5) is 0 Å². The summed E-state index contributed by atoms with van der Waals surface area (Å²) in [5.41, 5.74) is 3.06. The van der Waals surface area contributed by atoms with Gasteiger partial charge in [0.1, 0.15) is 17.7 Å². The van der Waals surface area contributed by atoms with Crippen molar-refractivity contribution in [3.8, 4) is 22.1 Å². The highest BCUT2D eigenvalue weighted by Crippen LogP contribution is 2.30. The van der Waals surface area contributed by atoms with Crippen molar-refractivity contribution in [1.82, 2.24) is 10.3 Å². The maximum atomic E-state index is 12.2. The topological polar surface area (TPSA) is 60.5 Å². The molecule has 4 rings (SSSR count). The van der Waals surface area contributed by atoms with Gasteiger partial charge in [0.25, 0.3) is 0 Å². The van der Waals surface area contributed by atoms with Gasteiger partial charge in [-0.2, -0.15) is 0 Å². The summed E-state index contributed by atoms with van der Waals surface area (Å²) in [6.45, 7) is 2.88. The van der Waals surface area contributed by atoms with E-state index in [1.54, 1.807) is 11.3 Å². The van der Waals surface area contributed by atoms with E-state index in [1.165, 1.54) is 5.56 Å². The first-order valence-electron chi connectivity index (χ1n) is 8.84. The van der Waals surface area contributed by atoms with Crippen LogP contribution in [0, 0.1) is 6.92 Å². The Labute approximate surface area is 162 Å². The zero-order chi connectivity index (χ0) is 18.6. The third-order valence-corrected chi connectivity index (χ3v) is 5.23. The van der Waals surface area contributed by atoms with Crippen LogP contribution < -0.4 is 14.8 Å². The molecule has 1 atom stereocenters. The smallest absolute Gasteiger partial charge is 0.226 e. The molecular weight excluding hydrogens is 360 g/mol. The molecule has 1 N–H and O–H groups in total. The van der Waals surface area contributed by atoms with Crippen molar-refractivity contribution in [2.24, 2.45) is 0 Å². The predicted molar refractivity (Wildman–Crippen MR) is 105 cm³/mol. The summed E-state index contributed by atoms with van der Waals surface area (Å²) >= 11 is 1.55. The van der Waals surface area contributed by atoms with Crippen molar-refractivity contribution in [2.75, 3.05) is 13.2 Å². The lowest BCUT2D eigenvalue weighted by Gasteiger charge is -2.26. The molecule has 1 aliphatic rings. The average molecular weight is 380 g/mol. The minimum atomic E-state index is -0.192. The molecule has 0 saturated heterocycles. The first kappa shape index (κ1) is 17.5. The SMILES string of the molecule is Cc1ccc(-c2nc(CC(=O)NCC3COc4ccccc4O3)cs2)cc1. The molecule has 27 heavy (non-hydrogen) atoms. The fourth-order valence-electron chi connectivity index (χ4n) is 2.84. The molecule has 2 heterocycles. The second-order valence-electron chi connectivity index (χ2n) is 6.49. The molecule has 1 aromatic heterocycles. The van der Waals surface area contributed by atoms with Gasteiger partial charge >= 0.3 is 0 Å². The predicted octanol–water partition coefficient (Wildman–Crippen LogP) is 3.62. The largest absolute Gasteiger partial charge is 0.486 e. The minimum Gasteiger partial charge on any atom is -0.486 e. The highest BCUT2D eigenvalue weighted by atomic mass is 32.1. The maximum absolute atomic E-state index is 12.2. The summed E-state index contributed by atoms with van der Waals surface area (Å²) in [6, 6.07) is 15.8. The Morgan fingerprint density at radius 3 is 2.78 bits per heavy atom. The fraction of sp³-hybridized carbons (Fsp3) is 0.238. The van der Waals surface area contributed by atoms with Crippen LogP contribution in [0.1, 0.15) is 11.3 Å². The molecule has 3 aromatic rings. The molecule has 0 spiro atoms. The van der Waals surface area contributed by atoms with Crippen LogP contribution >= 0.6 is 11.3 Å². The van der Waals surface area contributed by atoms with E-state index < -0.39 is 0 Å². The monoisotopic (exact) mass is 380 g/mol. The van der Waals surface area contributed by atoms with E-state index in [-0.39, 0.29) is 18.4 Å². The Bertz CT molecular complexity index is 937. The molecule has 138 valence electrons. The molecule has 6 heteroatoms. The molecule has 0 bridgehead atoms. The third-order valence-electron chi connectivity index (χ3n) is 4.29. The van der Waals surface area contributed by atoms with Gasteiger partial charge in [0, 0.05) is 10.9 Å². The van der Waals surface area contributed by atoms with Crippen molar-refractivity contribution in [1.29, 1.82) is 0 Å². The fourth-order valence-corrected chi connectivity index (χ4v) is 3.66. The number of benzene rings is 2. The van der Waals surface area contributed by atoms with Gasteiger partial charge in [-0.05, 0) is 19.1 Å². The van der Waals surface area contributed by atoms with E-state index >= 15 is 0 Å². The molecule has 0 saturated carbocycles. The Hall–Kier alpha value is -2.86. The molecule has 0 fully saturated rings. The Morgan fingerprint density at radius 2 is 1.96 bits per heavy atom. The zero-order valence-corrected chi connectivity index (χ0v) is 15.8. The summed E-state index contributed by atoms with van der Waals surface area (Å²) in [5.74, 6) is 1.38. The Kier molecular flexibility index (Phi) is 5.07. The summed E-state index contributed by atoms with van der Waals surface area (Å²) < 4.78 is 11.5. The molecular formula is C21H20N2O3S. The van der Waals surface area contributed by atoms with Gasteiger partial charge in [0.2, 0.25) is 5.91 Å². The van der Waals surface area contributed by atoms with Crippen LogP contribution in [0.25, 0.3) is 10.6 Å². The first-order valence-corrected chi connectivity index (χ1v) is 9.72. The molecule has 0 radical (unpaired) electrons. The molecule has 0 aliphatic carbocycles. The number of carbonyl (C=O) groups is 1. The number of para-hydroxylation sites is 2. The zero-order valence-electron chi connectivity index (χ0n) is 15.0. The van der Waals surface area contributed by atoms with E-state index in [4.69, 9.17) is 9.47 Å². The van der Waals surface area contributed by atoms with E-state index in [1.807, 2.05) is 29.6 Å². The van der Waals surface area contributed by atoms with Gasteiger partial charge < -0.3 is 14.8 Å². The van der Waals surface area contributed by atoms with Crippen LogP contribution in [-0.4, -0.2) is 30.1 Å². The van der Waals surface area contributed by atoms with E-state index in [0.29, 0.717) is 18.9 Å². The van der Waals surface area contributed by atoms with Crippen LogP contribution in [0.5, 0.6) is 11.5 Å². The number of fused-ring (bicyclic) bond motifs is 1. The number of carbonyl (C=O) groups excluding carboxylic acids is 1. The molecule has 1 amide bonds. The lowest BCUT2D eigenvalue weighted by atomic mass is 10.2. The van der Waals surface area contributed by atoms with Gasteiger partial charge in [-0.3, -0.25) is 4.79 Å². The van der Waals surface area contributed by atoms with Crippen LogP contribution in [0.3, 0.4) is 0 Å². The average Bonchev–Trinajstić information content (AvgIpc) is 3.15. The van der Waals surface area contributed by atoms with Crippen molar-refractivity contribution in [2.45, 2.75) is 19.4 Å². The number of thiazole rings is 1. The van der Waals surface area contributed by atoms with Gasteiger partial charge in [-0.25, -0.2) is 4.98 Å². The number of aryl methyl sites for hydroxylation is 1. The summed E-state index contributed by atoms with van der Waals surface area (Å²) in [5, 5.41) is 5.77. The van der Waals surface area contributed by atoms with E-state index in [2.05, 4.69) is 41.5 Å². The lowest BCUT2D eigenvalue weighted by molar-refractivity contribution is -0.121. The number of nitrogens with zero attached hydrogens (tertiary/aromatic N) is 1. The summed E-state index contributed by atoms with van der Waals surface area (Å²) in [6.07, 6.45) is 0.0643. The quantitative estimate of drug-likeness (QED) is 0.734. The van der Waals surface area contributed by atoms with E-state index in [0.717, 1.165) is 22.0 Å². The van der Waals surface area contributed by atoms with Gasteiger partial charge in [-0.1, -0.05) is 42.0 Å². The first-order chi connectivity index (χ1) is 13.2. The second kappa shape index (κ2) is 7.80. The normalized spacial score (nSPS) is 15.4. The number of amides is 1. The van der Waals surface area contributed by atoms with Crippen molar-refractivity contribution in [3.63, 3.8) is 0 Å². The number of ether oxygens (including phenoxy) is 2. The standard InChI is InChI=1S/C21H20N2O3S/c1-14-6-8-15(9-7-14)21-23-16(13-27-21)10-20(24)22-11-17-12-25-18-4-2-3-5-19(18)26-17/h2-9,13,17H,10-12H2,1H3,(H,22,24). The number of rotatable bonds is 5. The Balaban J connectivity index is 1.29. The number of hydrogen-bond donors (Lipinski definition) is 1. The number of nitrogens with one attached hydrogen (secondary N) is 1. The number of aromatic nitrogens is 1. The van der Waals surface area contributed by atoms with Crippen molar-refractivity contribution >= 4 is 17.2 Å². The van der Waals surface area contributed by atoms with E-state index in [9.17, 15) is 4.79 Å². The Morgan fingerprint density at radius 1 is 1.19 bits per heavy atom. The van der Waals surface area contributed by atoms with Crippen LogP contribution in [0.15, 0.2) is 53.9 Å². The molecule has 2 aromatic carbocycles. The van der Waals surface area contributed by atoms with Gasteiger partial charge in [0.15, 0.2) is 11.5 Å². The molecule has 5 nitrogen and oxygen atoms in total.